The second kappa shape index (κ2) is 5.27. The van der Waals surface area contributed by atoms with E-state index in [-0.39, 0.29) is 0 Å². The topological polar surface area (TPSA) is 61.0 Å². The maximum absolute atomic E-state index is 6.03. The molecule has 0 aliphatic heterocycles. The summed E-state index contributed by atoms with van der Waals surface area (Å²) in [5.41, 5.74) is 7.30. The van der Waals surface area contributed by atoms with Crippen LogP contribution in [0.4, 0.5) is 0 Å². The highest BCUT2D eigenvalue weighted by Crippen LogP contribution is 2.30. The first-order chi connectivity index (χ1) is 8.91. The van der Waals surface area contributed by atoms with Crippen molar-refractivity contribution in [3.8, 4) is 17.0 Å². The molecule has 2 N–H and O–H groups in total. The quantitative estimate of drug-likeness (QED) is 0.943. The SMILES string of the molecule is COc1ccc(-c2ccnc(C(C)(C)N)n2)cc1Br. The molecule has 0 unspecified atom stereocenters. The van der Waals surface area contributed by atoms with Crippen molar-refractivity contribution in [2.75, 3.05) is 7.11 Å². The average molecular weight is 322 g/mol. The van der Waals surface area contributed by atoms with Gasteiger partial charge in [0.15, 0.2) is 0 Å². The van der Waals surface area contributed by atoms with E-state index in [1.54, 1.807) is 13.3 Å². The standard InChI is InChI=1S/C14H16BrN3O/c1-14(2,16)13-17-7-6-11(18-13)9-4-5-12(19-3)10(15)8-9/h4-8H,16H2,1-3H3. The number of methoxy groups -OCH3 is 1. The van der Waals surface area contributed by atoms with Crippen LogP contribution in [0.1, 0.15) is 19.7 Å². The molecule has 1 heterocycles. The van der Waals surface area contributed by atoms with Crippen molar-refractivity contribution in [1.29, 1.82) is 0 Å². The van der Waals surface area contributed by atoms with E-state index in [9.17, 15) is 0 Å². The van der Waals surface area contributed by atoms with Gasteiger partial charge in [-0.2, -0.15) is 0 Å². The van der Waals surface area contributed by atoms with E-state index >= 15 is 0 Å². The van der Waals surface area contributed by atoms with Crippen molar-refractivity contribution >= 4 is 15.9 Å². The molecule has 0 saturated heterocycles. The number of hydrogen-bond acceptors (Lipinski definition) is 4. The smallest absolute Gasteiger partial charge is 0.148 e. The fourth-order valence-corrected chi connectivity index (χ4v) is 2.20. The summed E-state index contributed by atoms with van der Waals surface area (Å²) < 4.78 is 6.10. The second-order valence-electron chi connectivity index (χ2n) is 4.84. The van der Waals surface area contributed by atoms with Crippen LogP contribution in [0.15, 0.2) is 34.9 Å². The molecule has 2 rings (SSSR count). The fourth-order valence-electron chi connectivity index (χ4n) is 1.66. The molecule has 1 aromatic carbocycles. The van der Waals surface area contributed by atoms with Gasteiger partial charge >= 0.3 is 0 Å². The van der Waals surface area contributed by atoms with Gasteiger partial charge in [0.05, 0.1) is 22.8 Å². The summed E-state index contributed by atoms with van der Waals surface area (Å²) >= 11 is 3.47. The molecule has 0 aliphatic carbocycles. The number of ether oxygens (including phenoxy) is 1. The predicted octanol–water partition coefficient (Wildman–Crippen LogP) is 3.11. The number of nitrogens with two attached hydrogens (primary N) is 1. The van der Waals surface area contributed by atoms with Crippen molar-refractivity contribution in [2.45, 2.75) is 19.4 Å². The van der Waals surface area contributed by atoms with Crippen LogP contribution in [-0.4, -0.2) is 17.1 Å². The zero-order chi connectivity index (χ0) is 14.0. The first kappa shape index (κ1) is 14.0. The number of hydrogen-bond donors (Lipinski definition) is 1. The number of aromatic nitrogens is 2. The van der Waals surface area contributed by atoms with Crippen LogP contribution in [0.25, 0.3) is 11.3 Å². The lowest BCUT2D eigenvalue weighted by molar-refractivity contribution is 0.412. The van der Waals surface area contributed by atoms with Gasteiger partial charge in [-0.25, -0.2) is 9.97 Å². The zero-order valence-corrected chi connectivity index (χ0v) is 12.7. The van der Waals surface area contributed by atoms with Crippen molar-refractivity contribution in [2.24, 2.45) is 5.73 Å². The van der Waals surface area contributed by atoms with Crippen LogP contribution in [-0.2, 0) is 5.54 Å². The lowest BCUT2D eigenvalue weighted by atomic mass is 10.1. The van der Waals surface area contributed by atoms with Gasteiger partial charge in [-0.15, -0.1) is 0 Å². The summed E-state index contributed by atoms with van der Waals surface area (Å²) in [5, 5.41) is 0. The number of rotatable bonds is 3. The number of halogens is 1. The second-order valence-corrected chi connectivity index (χ2v) is 5.69. The monoisotopic (exact) mass is 321 g/mol. The molecular weight excluding hydrogens is 306 g/mol. The zero-order valence-electron chi connectivity index (χ0n) is 11.1. The van der Waals surface area contributed by atoms with E-state index in [2.05, 4.69) is 25.9 Å². The van der Waals surface area contributed by atoms with Crippen LogP contribution in [0.5, 0.6) is 5.75 Å². The Morgan fingerprint density at radius 2 is 2.00 bits per heavy atom. The van der Waals surface area contributed by atoms with Gasteiger partial charge < -0.3 is 10.5 Å². The molecule has 1 aromatic heterocycles. The average Bonchev–Trinajstić information content (AvgIpc) is 2.38. The lowest BCUT2D eigenvalue weighted by Gasteiger charge is -2.17. The maximum atomic E-state index is 6.03. The Labute approximate surface area is 121 Å². The van der Waals surface area contributed by atoms with Crippen molar-refractivity contribution in [3.05, 3.63) is 40.8 Å². The van der Waals surface area contributed by atoms with E-state index in [1.165, 1.54) is 0 Å². The van der Waals surface area contributed by atoms with Crippen LogP contribution >= 0.6 is 15.9 Å². The largest absolute Gasteiger partial charge is 0.496 e. The summed E-state index contributed by atoms with van der Waals surface area (Å²) in [6, 6.07) is 7.69. The Bertz CT molecular complexity index is 593. The Morgan fingerprint density at radius 3 is 2.58 bits per heavy atom. The highest BCUT2D eigenvalue weighted by atomic mass is 79.9. The summed E-state index contributed by atoms with van der Waals surface area (Å²) in [4.78, 5) is 8.73. The molecule has 0 atom stereocenters. The summed E-state index contributed by atoms with van der Waals surface area (Å²) in [6.45, 7) is 3.77. The first-order valence-corrected chi connectivity index (χ1v) is 6.67. The summed E-state index contributed by atoms with van der Waals surface area (Å²) in [5.74, 6) is 1.41. The molecule has 0 radical (unpaired) electrons. The first-order valence-electron chi connectivity index (χ1n) is 5.88. The molecule has 0 amide bonds. The molecule has 2 aromatic rings. The van der Waals surface area contributed by atoms with Gasteiger partial charge in [-0.1, -0.05) is 0 Å². The molecule has 100 valence electrons. The molecule has 0 aliphatic rings. The van der Waals surface area contributed by atoms with E-state index in [1.807, 2.05) is 38.1 Å². The van der Waals surface area contributed by atoms with Crippen LogP contribution < -0.4 is 10.5 Å². The third-order valence-electron chi connectivity index (χ3n) is 2.68. The molecule has 4 nitrogen and oxygen atoms in total. The minimum atomic E-state index is -0.556. The number of nitrogens with zero attached hydrogens (tertiary/aromatic N) is 2. The van der Waals surface area contributed by atoms with Crippen LogP contribution in [0.2, 0.25) is 0 Å². The van der Waals surface area contributed by atoms with Crippen LogP contribution in [0, 0.1) is 0 Å². The highest BCUT2D eigenvalue weighted by Gasteiger charge is 2.18. The summed E-state index contributed by atoms with van der Waals surface area (Å²) in [6.07, 6.45) is 1.73. The van der Waals surface area contributed by atoms with Gasteiger partial charge in [0.2, 0.25) is 0 Å². The van der Waals surface area contributed by atoms with E-state index in [0.717, 1.165) is 21.5 Å². The van der Waals surface area contributed by atoms with Crippen LogP contribution in [0.3, 0.4) is 0 Å². The highest BCUT2D eigenvalue weighted by molar-refractivity contribution is 9.10. The molecule has 19 heavy (non-hydrogen) atoms. The Morgan fingerprint density at radius 1 is 1.26 bits per heavy atom. The van der Waals surface area contributed by atoms with E-state index in [4.69, 9.17) is 10.5 Å². The molecule has 0 fully saturated rings. The maximum Gasteiger partial charge on any atom is 0.148 e. The summed E-state index contributed by atoms with van der Waals surface area (Å²) in [7, 11) is 1.64. The van der Waals surface area contributed by atoms with Crippen molar-refractivity contribution in [1.82, 2.24) is 9.97 Å². The lowest BCUT2D eigenvalue weighted by Crippen LogP contribution is -2.31. The van der Waals surface area contributed by atoms with Gasteiger partial charge in [0.25, 0.3) is 0 Å². The Balaban J connectivity index is 2.45. The fraction of sp³-hybridized carbons (Fsp3) is 0.286. The third-order valence-corrected chi connectivity index (χ3v) is 3.30. The number of benzene rings is 1. The van der Waals surface area contributed by atoms with E-state index < -0.39 is 5.54 Å². The molecule has 0 saturated carbocycles. The minimum absolute atomic E-state index is 0.556. The van der Waals surface area contributed by atoms with Crippen molar-refractivity contribution in [3.63, 3.8) is 0 Å². The molecular formula is C14H16BrN3O. The molecule has 5 heteroatoms. The van der Waals surface area contributed by atoms with Gasteiger partial charge in [-0.3, -0.25) is 0 Å². The third kappa shape index (κ3) is 3.11. The van der Waals surface area contributed by atoms with Crippen molar-refractivity contribution < 1.29 is 4.74 Å². The normalized spacial score (nSPS) is 11.4. The molecule has 0 spiro atoms. The van der Waals surface area contributed by atoms with Gasteiger partial charge in [0, 0.05) is 11.8 Å². The Kier molecular flexibility index (Phi) is 3.87. The predicted molar refractivity (Wildman–Crippen MR) is 78.9 cm³/mol. The molecule has 0 bridgehead atoms. The Hall–Kier alpha value is -1.46. The minimum Gasteiger partial charge on any atom is -0.496 e. The van der Waals surface area contributed by atoms with E-state index in [0.29, 0.717) is 5.82 Å². The van der Waals surface area contributed by atoms with Gasteiger partial charge in [-0.05, 0) is 54.0 Å². The van der Waals surface area contributed by atoms with Gasteiger partial charge in [0.1, 0.15) is 11.6 Å².